The summed E-state index contributed by atoms with van der Waals surface area (Å²) in [5, 5.41) is 0. The lowest BCUT2D eigenvalue weighted by molar-refractivity contribution is -0.167. The van der Waals surface area contributed by atoms with E-state index in [-0.39, 0.29) is 31.1 Å². The van der Waals surface area contributed by atoms with E-state index in [1.54, 1.807) is 0 Å². The van der Waals surface area contributed by atoms with Crippen LogP contribution in [0, 0.1) is 0 Å². The minimum atomic E-state index is -0.779. The Kier molecular flexibility index (Phi) is 67.6. The molecule has 0 aliphatic carbocycles. The molecule has 0 N–H and O–H groups in total. The van der Waals surface area contributed by atoms with Gasteiger partial charge in [-0.2, -0.15) is 0 Å². The van der Waals surface area contributed by atoms with E-state index in [4.69, 9.17) is 14.2 Å². The van der Waals surface area contributed by atoms with Gasteiger partial charge >= 0.3 is 17.9 Å². The van der Waals surface area contributed by atoms with Gasteiger partial charge in [0.15, 0.2) is 6.10 Å². The molecular formula is C75H138O6. The molecule has 0 amide bonds. The van der Waals surface area contributed by atoms with Crippen LogP contribution in [0.15, 0.2) is 48.6 Å². The standard InChI is InChI=1S/C75H138O6/c1-4-7-10-13-16-19-22-24-26-28-30-31-32-33-34-35-36-37-38-39-40-41-42-43-44-45-46-48-49-51-53-56-59-62-65-68-74(77)80-71-72(70-79-73(76)67-64-61-58-55-21-18-15-12-9-6-3)81-75(78)69-66-63-60-57-54-52-50-47-29-27-25-23-20-17-14-11-8-5-2/h12,15,20,23,27-30,72H,4-11,13-14,16-19,21-22,24-26,31-71H2,1-3H3/b15-12-,23-20-,29-27-,30-28-. The van der Waals surface area contributed by atoms with Gasteiger partial charge in [0.2, 0.25) is 0 Å². The van der Waals surface area contributed by atoms with Gasteiger partial charge in [-0.3, -0.25) is 14.4 Å². The molecule has 0 aromatic heterocycles. The highest BCUT2D eigenvalue weighted by atomic mass is 16.6. The SMILES string of the molecule is CCC/C=C\CCCCCCCC(=O)OCC(COC(=O)CCCCCCCCCCCCCCCCCCCCCCCCC/C=C\CCCCCCCCCC)OC(=O)CCCCCCCCC/C=C\C/C=C\CCCCCC. The second kappa shape index (κ2) is 69.9. The predicted octanol–water partition coefficient (Wildman–Crippen LogP) is 24.9. The van der Waals surface area contributed by atoms with Gasteiger partial charge in [0, 0.05) is 19.3 Å². The Morgan fingerprint density at radius 3 is 0.753 bits per heavy atom. The average Bonchev–Trinajstić information content (AvgIpc) is 3.47. The largest absolute Gasteiger partial charge is 0.462 e. The number of allylic oxidation sites excluding steroid dienone is 8. The smallest absolute Gasteiger partial charge is 0.306 e. The van der Waals surface area contributed by atoms with Crippen LogP contribution >= 0.6 is 0 Å². The number of carbonyl (C=O) groups is 3. The number of ether oxygens (including phenoxy) is 3. The molecule has 6 nitrogen and oxygen atoms in total. The molecule has 1 unspecified atom stereocenters. The molecule has 0 aromatic rings. The maximum Gasteiger partial charge on any atom is 0.306 e. The lowest BCUT2D eigenvalue weighted by Crippen LogP contribution is -2.30. The molecule has 0 bridgehead atoms. The van der Waals surface area contributed by atoms with Crippen molar-refractivity contribution in [1.82, 2.24) is 0 Å². The first-order valence-corrected chi connectivity index (χ1v) is 36.1. The molecule has 0 spiro atoms. The van der Waals surface area contributed by atoms with Crippen molar-refractivity contribution < 1.29 is 28.6 Å². The molecule has 474 valence electrons. The first-order valence-electron chi connectivity index (χ1n) is 36.1. The summed E-state index contributed by atoms with van der Waals surface area (Å²) in [5.41, 5.74) is 0. The maximum absolute atomic E-state index is 12.9. The summed E-state index contributed by atoms with van der Waals surface area (Å²) in [6.45, 7) is 6.60. The minimum Gasteiger partial charge on any atom is -0.462 e. The van der Waals surface area contributed by atoms with Gasteiger partial charge in [0.05, 0.1) is 0 Å². The molecule has 1 atom stereocenters. The zero-order valence-electron chi connectivity index (χ0n) is 54.6. The molecule has 0 radical (unpaired) electrons. The Hall–Kier alpha value is -2.63. The van der Waals surface area contributed by atoms with Crippen LogP contribution in [-0.4, -0.2) is 37.2 Å². The van der Waals surface area contributed by atoms with Gasteiger partial charge in [-0.05, 0) is 96.3 Å². The van der Waals surface area contributed by atoms with Crippen LogP contribution in [0.1, 0.15) is 393 Å². The Morgan fingerprint density at radius 1 is 0.247 bits per heavy atom. The van der Waals surface area contributed by atoms with Gasteiger partial charge in [-0.1, -0.05) is 326 Å². The second-order valence-corrected chi connectivity index (χ2v) is 24.5. The zero-order chi connectivity index (χ0) is 58.5. The van der Waals surface area contributed by atoms with Gasteiger partial charge in [0.25, 0.3) is 0 Å². The highest BCUT2D eigenvalue weighted by Gasteiger charge is 2.19. The number of esters is 3. The van der Waals surface area contributed by atoms with E-state index in [1.165, 1.54) is 270 Å². The number of hydrogen-bond donors (Lipinski definition) is 0. The van der Waals surface area contributed by atoms with Crippen LogP contribution < -0.4 is 0 Å². The van der Waals surface area contributed by atoms with Gasteiger partial charge < -0.3 is 14.2 Å². The van der Waals surface area contributed by atoms with Gasteiger partial charge in [-0.25, -0.2) is 0 Å². The van der Waals surface area contributed by atoms with Crippen LogP contribution in [-0.2, 0) is 28.6 Å². The quantitative estimate of drug-likeness (QED) is 0.0261. The number of hydrogen-bond acceptors (Lipinski definition) is 6. The minimum absolute atomic E-state index is 0.0753. The summed E-state index contributed by atoms with van der Waals surface area (Å²) in [4.78, 5) is 38.3. The van der Waals surface area contributed by atoms with Crippen molar-refractivity contribution in [3.63, 3.8) is 0 Å². The van der Waals surface area contributed by atoms with Crippen LogP contribution in [0.2, 0.25) is 0 Å². The van der Waals surface area contributed by atoms with E-state index in [0.717, 1.165) is 83.5 Å². The Labute approximate surface area is 505 Å². The first-order chi connectivity index (χ1) is 40.0. The molecule has 0 saturated heterocycles. The molecule has 81 heavy (non-hydrogen) atoms. The summed E-state index contributed by atoms with van der Waals surface area (Å²) >= 11 is 0. The van der Waals surface area contributed by atoms with Crippen LogP contribution in [0.5, 0.6) is 0 Å². The van der Waals surface area contributed by atoms with E-state index in [2.05, 4.69) is 69.4 Å². The van der Waals surface area contributed by atoms with Crippen molar-refractivity contribution in [3.05, 3.63) is 48.6 Å². The summed E-state index contributed by atoms with van der Waals surface area (Å²) in [5.74, 6) is -0.873. The Bertz CT molecular complexity index is 1400. The molecule has 0 aromatic carbocycles. The molecule has 0 rings (SSSR count). The summed E-state index contributed by atoms with van der Waals surface area (Å²) < 4.78 is 16.9. The molecule has 0 saturated carbocycles. The monoisotopic (exact) mass is 1140 g/mol. The van der Waals surface area contributed by atoms with Crippen LogP contribution in [0.25, 0.3) is 0 Å². The van der Waals surface area contributed by atoms with E-state index < -0.39 is 6.10 Å². The number of carbonyl (C=O) groups excluding carboxylic acids is 3. The highest BCUT2D eigenvalue weighted by Crippen LogP contribution is 2.18. The molecule has 6 heteroatoms. The molecule has 0 aliphatic rings. The summed E-state index contributed by atoms with van der Waals surface area (Å²) in [6.07, 6.45) is 88.9. The molecular weight excluding hydrogens is 997 g/mol. The van der Waals surface area contributed by atoms with Crippen molar-refractivity contribution in [2.45, 2.75) is 399 Å². The van der Waals surface area contributed by atoms with Crippen LogP contribution in [0.3, 0.4) is 0 Å². The fourth-order valence-electron chi connectivity index (χ4n) is 10.8. The van der Waals surface area contributed by atoms with Crippen molar-refractivity contribution >= 4 is 17.9 Å². The van der Waals surface area contributed by atoms with E-state index >= 15 is 0 Å². The molecule has 0 heterocycles. The second-order valence-electron chi connectivity index (χ2n) is 24.5. The third kappa shape index (κ3) is 68.0. The van der Waals surface area contributed by atoms with Crippen LogP contribution in [0.4, 0.5) is 0 Å². The third-order valence-corrected chi connectivity index (χ3v) is 16.3. The van der Waals surface area contributed by atoms with Crippen molar-refractivity contribution in [2.24, 2.45) is 0 Å². The molecule has 0 aliphatic heterocycles. The predicted molar refractivity (Wildman–Crippen MR) is 353 cm³/mol. The van der Waals surface area contributed by atoms with E-state index in [9.17, 15) is 14.4 Å². The van der Waals surface area contributed by atoms with Crippen molar-refractivity contribution in [1.29, 1.82) is 0 Å². The number of rotatable bonds is 67. The fraction of sp³-hybridized carbons (Fsp3) is 0.853. The van der Waals surface area contributed by atoms with E-state index in [1.807, 2.05) is 0 Å². The fourth-order valence-corrected chi connectivity index (χ4v) is 10.8. The molecule has 0 fully saturated rings. The lowest BCUT2D eigenvalue weighted by atomic mass is 10.0. The van der Waals surface area contributed by atoms with Crippen molar-refractivity contribution in [3.8, 4) is 0 Å². The summed E-state index contributed by atoms with van der Waals surface area (Å²) in [6, 6.07) is 0. The average molecular weight is 1140 g/mol. The van der Waals surface area contributed by atoms with E-state index in [0.29, 0.717) is 19.3 Å². The Morgan fingerprint density at radius 2 is 0.469 bits per heavy atom. The zero-order valence-corrected chi connectivity index (χ0v) is 54.6. The Balaban J connectivity index is 4.02. The normalized spacial score (nSPS) is 12.3. The summed E-state index contributed by atoms with van der Waals surface area (Å²) in [7, 11) is 0. The number of unbranched alkanes of at least 4 members (excludes halogenated alkanes) is 48. The maximum atomic E-state index is 12.9. The van der Waals surface area contributed by atoms with Crippen molar-refractivity contribution in [2.75, 3.05) is 13.2 Å². The van der Waals surface area contributed by atoms with Gasteiger partial charge in [-0.15, -0.1) is 0 Å². The lowest BCUT2D eigenvalue weighted by Gasteiger charge is -2.18. The highest BCUT2D eigenvalue weighted by molar-refractivity contribution is 5.71. The third-order valence-electron chi connectivity index (χ3n) is 16.3. The topological polar surface area (TPSA) is 78.9 Å². The first kappa shape index (κ1) is 78.4. The van der Waals surface area contributed by atoms with Gasteiger partial charge in [0.1, 0.15) is 13.2 Å².